The topological polar surface area (TPSA) is 26.3 Å². The van der Waals surface area contributed by atoms with Gasteiger partial charge in [0.2, 0.25) is 13.7 Å². The highest BCUT2D eigenvalue weighted by atomic mass is 16.5. The van der Waals surface area contributed by atoms with E-state index in [4.69, 9.17) is 4.74 Å². The SMILES string of the molecule is BC(=O)OCc1ccc(C)cc1. The highest BCUT2D eigenvalue weighted by Crippen LogP contribution is 2.04. The second-order valence-electron chi connectivity index (χ2n) is 2.77. The van der Waals surface area contributed by atoms with E-state index in [1.54, 1.807) is 0 Å². The van der Waals surface area contributed by atoms with Crippen LogP contribution >= 0.6 is 0 Å². The molecule has 0 unspecified atom stereocenters. The normalized spacial score (nSPS) is 9.42. The van der Waals surface area contributed by atoms with E-state index >= 15 is 0 Å². The molecule has 62 valence electrons. The fraction of sp³-hybridized carbons (Fsp3) is 0.222. The molecule has 0 atom stereocenters. The molecule has 0 aliphatic carbocycles. The third-order valence-corrected chi connectivity index (χ3v) is 1.56. The van der Waals surface area contributed by atoms with Crippen LogP contribution in [0.3, 0.4) is 0 Å². The third kappa shape index (κ3) is 2.78. The molecule has 0 saturated heterocycles. The first-order chi connectivity index (χ1) is 5.68. The quantitative estimate of drug-likeness (QED) is 0.612. The first-order valence-electron chi connectivity index (χ1n) is 3.87. The zero-order valence-electron chi connectivity index (χ0n) is 7.33. The smallest absolute Gasteiger partial charge is 0.243 e. The van der Waals surface area contributed by atoms with Crippen LogP contribution in [0.1, 0.15) is 11.1 Å². The number of ether oxygens (including phenoxy) is 1. The summed E-state index contributed by atoms with van der Waals surface area (Å²) >= 11 is 0. The summed E-state index contributed by atoms with van der Waals surface area (Å²) in [5, 5.41) is 0. The average Bonchev–Trinajstić information content (AvgIpc) is 2.03. The van der Waals surface area contributed by atoms with E-state index in [9.17, 15) is 4.79 Å². The zero-order valence-corrected chi connectivity index (χ0v) is 7.33. The minimum absolute atomic E-state index is 0.240. The molecule has 12 heavy (non-hydrogen) atoms. The molecule has 0 aromatic heterocycles. The highest BCUT2D eigenvalue weighted by molar-refractivity contribution is 6.55. The Bertz CT molecular complexity index is 266. The largest absolute Gasteiger partial charge is 0.469 e. The van der Waals surface area contributed by atoms with Crippen molar-refractivity contribution in [2.24, 2.45) is 0 Å². The van der Waals surface area contributed by atoms with Crippen LogP contribution in [0, 0.1) is 6.92 Å². The molecule has 0 N–H and O–H groups in total. The first kappa shape index (κ1) is 8.85. The Morgan fingerprint density at radius 1 is 1.42 bits per heavy atom. The predicted molar refractivity (Wildman–Crippen MR) is 49.9 cm³/mol. The molecule has 0 radical (unpaired) electrons. The van der Waals surface area contributed by atoms with Gasteiger partial charge in [0, 0.05) is 0 Å². The Morgan fingerprint density at radius 2 is 2.00 bits per heavy atom. The molecule has 0 aliphatic rings. The lowest BCUT2D eigenvalue weighted by Gasteiger charge is -2.01. The van der Waals surface area contributed by atoms with Crippen molar-refractivity contribution >= 4 is 13.7 Å². The number of carbonyl (C=O) groups excluding carboxylic acids is 1. The van der Waals surface area contributed by atoms with Gasteiger partial charge in [0.15, 0.2) is 0 Å². The van der Waals surface area contributed by atoms with Crippen LogP contribution in [-0.4, -0.2) is 13.7 Å². The van der Waals surface area contributed by atoms with Gasteiger partial charge in [0.1, 0.15) is 6.61 Å². The summed E-state index contributed by atoms with van der Waals surface area (Å²) in [5.74, 6) is -0.240. The highest BCUT2D eigenvalue weighted by Gasteiger charge is 1.94. The van der Waals surface area contributed by atoms with E-state index in [1.165, 1.54) is 13.4 Å². The Hall–Kier alpha value is -1.25. The van der Waals surface area contributed by atoms with Crippen LogP contribution in [0.25, 0.3) is 0 Å². The van der Waals surface area contributed by atoms with Crippen molar-refractivity contribution in [3.05, 3.63) is 35.4 Å². The van der Waals surface area contributed by atoms with Crippen molar-refractivity contribution in [1.82, 2.24) is 0 Å². The molecule has 0 heterocycles. The summed E-state index contributed by atoms with van der Waals surface area (Å²) in [5.41, 5.74) is 2.23. The second kappa shape index (κ2) is 3.95. The van der Waals surface area contributed by atoms with Crippen molar-refractivity contribution < 1.29 is 9.53 Å². The summed E-state index contributed by atoms with van der Waals surface area (Å²) in [7, 11) is 1.41. The second-order valence-corrected chi connectivity index (χ2v) is 2.77. The number of carbonyl (C=O) groups is 1. The summed E-state index contributed by atoms with van der Waals surface area (Å²) in [4.78, 5) is 10.5. The van der Waals surface area contributed by atoms with E-state index < -0.39 is 0 Å². The number of hydrogen-bond acceptors (Lipinski definition) is 2. The number of aryl methyl sites for hydroxylation is 1. The van der Waals surface area contributed by atoms with Gasteiger partial charge >= 0.3 is 0 Å². The van der Waals surface area contributed by atoms with Gasteiger partial charge in [0.05, 0.1) is 0 Å². The molecule has 1 rings (SSSR count). The van der Waals surface area contributed by atoms with Crippen molar-refractivity contribution in [2.45, 2.75) is 13.5 Å². The third-order valence-electron chi connectivity index (χ3n) is 1.56. The summed E-state index contributed by atoms with van der Waals surface area (Å²) in [6, 6.07) is 7.91. The van der Waals surface area contributed by atoms with Gasteiger partial charge in [0.25, 0.3) is 0 Å². The number of hydrogen-bond donors (Lipinski definition) is 0. The Balaban J connectivity index is 2.53. The van der Waals surface area contributed by atoms with Crippen LogP contribution in [0.15, 0.2) is 24.3 Å². The fourth-order valence-corrected chi connectivity index (χ4v) is 0.869. The lowest BCUT2D eigenvalue weighted by molar-refractivity contribution is 0.167. The van der Waals surface area contributed by atoms with Crippen LogP contribution in [0.2, 0.25) is 0 Å². The van der Waals surface area contributed by atoms with E-state index in [0.717, 1.165) is 5.56 Å². The van der Waals surface area contributed by atoms with E-state index in [1.807, 2.05) is 31.2 Å². The lowest BCUT2D eigenvalue weighted by atomic mass is 10.1. The van der Waals surface area contributed by atoms with Crippen molar-refractivity contribution in [1.29, 1.82) is 0 Å². The maximum absolute atomic E-state index is 10.5. The van der Waals surface area contributed by atoms with Gasteiger partial charge in [-0.3, -0.25) is 4.79 Å². The minimum Gasteiger partial charge on any atom is -0.469 e. The van der Waals surface area contributed by atoms with E-state index in [0.29, 0.717) is 6.61 Å². The molecular formula is C9H11BO2. The van der Waals surface area contributed by atoms with E-state index in [2.05, 4.69) is 0 Å². The maximum Gasteiger partial charge on any atom is 0.243 e. The van der Waals surface area contributed by atoms with Gasteiger partial charge in [-0.05, 0) is 12.5 Å². The van der Waals surface area contributed by atoms with Crippen LogP contribution in [0.5, 0.6) is 0 Å². The summed E-state index contributed by atoms with van der Waals surface area (Å²) in [6.45, 7) is 2.39. The predicted octanol–water partition coefficient (Wildman–Crippen LogP) is 1.26. The van der Waals surface area contributed by atoms with Crippen LogP contribution in [-0.2, 0) is 11.3 Å². The van der Waals surface area contributed by atoms with Crippen molar-refractivity contribution in [2.75, 3.05) is 0 Å². The number of rotatable bonds is 2. The Morgan fingerprint density at radius 3 is 2.50 bits per heavy atom. The molecule has 0 spiro atoms. The molecule has 2 nitrogen and oxygen atoms in total. The standard InChI is InChI=1S/C9H11BO2/c1-7-2-4-8(5-3-7)6-12-9(10)11/h2-5H,6,10H2,1H3. The van der Waals surface area contributed by atoms with Gasteiger partial charge < -0.3 is 4.74 Å². The first-order valence-corrected chi connectivity index (χ1v) is 3.87. The van der Waals surface area contributed by atoms with Crippen molar-refractivity contribution in [3.63, 3.8) is 0 Å². The summed E-state index contributed by atoms with van der Waals surface area (Å²) in [6.07, 6.45) is 0. The maximum atomic E-state index is 10.5. The van der Waals surface area contributed by atoms with E-state index in [-0.39, 0.29) is 5.87 Å². The van der Waals surface area contributed by atoms with Gasteiger partial charge in [-0.2, -0.15) is 0 Å². The van der Waals surface area contributed by atoms with Gasteiger partial charge in [-0.15, -0.1) is 0 Å². The average molecular weight is 162 g/mol. The van der Waals surface area contributed by atoms with Gasteiger partial charge in [-0.25, -0.2) is 0 Å². The van der Waals surface area contributed by atoms with Crippen LogP contribution in [0.4, 0.5) is 4.79 Å². The minimum atomic E-state index is -0.240. The molecule has 0 aliphatic heterocycles. The molecule has 0 amide bonds. The Labute approximate surface area is 73.0 Å². The molecule has 0 fully saturated rings. The number of benzene rings is 1. The molecular weight excluding hydrogens is 151 g/mol. The molecule has 0 saturated carbocycles. The monoisotopic (exact) mass is 162 g/mol. The zero-order chi connectivity index (χ0) is 8.97. The van der Waals surface area contributed by atoms with Crippen LogP contribution < -0.4 is 0 Å². The molecule has 1 aromatic carbocycles. The lowest BCUT2D eigenvalue weighted by Crippen LogP contribution is -2.00. The Kier molecular flexibility index (Phi) is 2.91. The molecule has 0 bridgehead atoms. The van der Waals surface area contributed by atoms with Crippen molar-refractivity contribution in [3.8, 4) is 0 Å². The molecule has 3 heteroatoms. The molecule has 1 aromatic rings. The van der Waals surface area contributed by atoms with Gasteiger partial charge in [-0.1, -0.05) is 29.8 Å². The summed E-state index contributed by atoms with van der Waals surface area (Å²) < 4.78 is 4.83. The fourth-order valence-electron chi connectivity index (χ4n) is 0.869.